The fraction of sp³-hybridized carbons (Fsp3) is 0.545. The minimum Gasteiger partial charge on any atom is -0.453 e. The highest BCUT2D eigenvalue weighted by molar-refractivity contribution is 5.77. The normalized spacial score (nSPS) is 23.7. The van der Waals surface area contributed by atoms with E-state index in [2.05, 4.69) is 10.1 Å². The third kappa shape index (κ3) is 3.90. The SMILES string of the molecule is COC(=O)N1CCC(c2nc([C@@H]3CC[C@@H]4CN3C(=O)N4OCc3ccccc3)no2)CC1. The molecule has 0 aliphatic carbocycles. The van der Waals surface area contributed by atoms with Gasteiger partial charge in [0.1, 0.15) is 6.61 Å². The molecule has 3 amide bonds. The summed E-state index contributed by atoms with van der Waals surface area (Å²) in [6.07, 6.45) is 2.77. The van der Waals surface area contributed by atoms with Crippen molar-refractivity contribution in [1.82, 2.24) is 25.0 Å². The first-order valence-electron chi connectivity index (χ1n) is 11.1. The van der Waals surface area contributed by atoms with E-state index in [0.717, 1.165) is 31.2 Å². The van der Waals surface area contributed by atoms with Crippen molar-refractivity contribution < 1.29 is 23.7 Å². The molecule has 4 heterocycles. The Hall–Kier alpha value is -3.14. The number of aromatic nitrogens is 2. The third-order valence-electron chi connectivity index (χ3n) is 6.57. The summed E-state index contributed by atoms with van der Waals surface area (Å²) in [5.74, 6) is 1.23. The zero-order valence-corrected chi connectivity index (χ0v) is 18.1. The summed E-state index contributed by atoms with van der Waals surface area (Å²) in [4.78, 5) is 38.7. The maximum Gasteiger partial charge on any atom is 0.409 e. The lowest BCUT2D eigenvalue weighted by atomic mass is 9.97. The van der Waals surface area contributed by atoms with Gasteiger partial charge in [0.25, 0.3) is 0 Å². The van der Waals surface area contributed by atoms with Gasteiger partial charge in [0.15, 0.2) is 5.82 Å². The van der Waals surface area contributed by atoms with Crippen LogP contribution in [0.5, 0.6) is 0 Å². The fourth-order valence-corrected chi connectivity index (χ4v) is 4.77. The summed E-state index contributed by atoms with van der Waals surface area (Å²) in [6.45, 7) is 2.15. The fourth-order valence-electron chi connectivity index (χ4n) is 4.77. The Labute approximate surface area is 186 Å². The molecule has 0 N–H and O–H groups in total. The Morgan fingerprint density at radius 1 is 1.16 bits per heavy atom. The van der Waals surface area contributed by atoms with Crippen molar-refractivity contribution >= 4 is 12.1 Å². The van der Waals surface area contributed by atoms with Gasteiger partial charge >= 0.3 is 12.1 Å². The average molecular weight is 441 g/mol. The second-order valence-electron chi connectivity index (χ2n) is 8.49. The van der Waals surface area contributed by atoms with E-state index in [1.165, 1.54) is 12.2 Å². The van der Waals surface area contributed by atoms with Gasteiger partial charge in [-0.05, 0) is 31.2 Å². The van der Waals surface area contributed by atoms with Crippen molar-refractivity contribution in [2.75, 3.05) is 26.7 Å². The first-order valence-corrected chi connectivity index (χ1v) is 11.1. The van der Waals surface area contributed by atoms with Crippen LogP contribution in [-0.2, 0) is 16.2 Å². The summed E-state index contributed by atoms with van der Waals surface area (Å²) < 4.78 is 10.4. The van der Waals surface area contributed by atoms with E-state index >= 15 is 0 Å². The lowest BCUT2D eigenvalue weighted by molar-refractivity contribution is -0.140. The van der Waals surface area contributed by atoms with Gasteiger partial charge in [-0.1, -0.05) is 35.5 Å². The lowest BCUT2D eigenvalue weighted by Crippen LogP contribution is -2.37. The Morgan fingerprint density at radius 2 is 1.94 bits per heavy atom. The van der Waals surface area contributed by atoms with Gasteiger partial charge in [-0.3, -0.25) is 4.84 Å². The van der Waals surface area contributed by atoms with Crippen LogP contribution in [0.1, 0.15) is 54.9 Å². The molecule has 2 aromatic rings. The van der Waals surface area contributed by atoms with E-state index in [-0.39, 0.29) is 30.1 Å². The van der Waals surface area contributed by atoms with E-state index in [4.69, 9.17) is 14.1 Å². The number of carbonyl (C=O) groups excluding carboxylic acids is 2. The summed E-state index contributed by atoms with van der Waals surface area (Å²) in [5, 5.41) is 5.72. The molecule has 1 aromatic carbocycles. The molecule has 0 saturated carbocycles. The van der Waals surface area contributed by atoms with Gasteiger partial charge < -0.3 is 19.1 Å². The van der Waals surface area contributed by atoms with Gasteiger partial charge in [-0.2, -0.15) is 10.0 Å². The number of nitrogens with zero attached hydrogens (tertiary/aromatic N) is 5. The highest BCUT2D eigenvalue weighted by Crippen LogP contribution is 2.38. The van der Waals surface area contributed by atoms with E-state index in [0.29, 0.717) is 38.0 Å². The molecule has 170 valence electrons. The maximum absolute atomic E-state index is 13.0. The van der Waals surface area contributed by atoms with Crippen LogP contribution in [0.2, 0.25) is 0 Å². The molecule has 10 heteroatoms. The zero-order valence-electron chi connectivity index (χ0n) is 18.1. The monoisotopic (exact) mass is 441 g/mol. The Bertz CT molecular complexity index is 959. The van der Waals surface area contributed by atoms with Crippen LogP contribution in [-0.4, -0.2) is 69.9 Å². The van der Waals surface area contributed by atoms with Crippen molar-refractivity contribution in [2.24, 2.45) is 0 Å². The van der Waals surface area contributed by atoms with Gasteiger partial charge in [0.2, 0.25) is 5.89 Å². The van der Waals surface area contributed by atoms with Gasteiger partial charge in [0, 0.05) is 25.6 Å². The second-order valence-corrected chi connectivity index (χ2v) is 8.49. The van der Waals surface area contributed by atoms with Crippen LogP contribution in [0.4, 0.5) is 9.59 Å². The number of likely N-dealkylation sites (tertiary alicyclic amines) is 1. The number of rotatable bonds is 5. The molecule has 3 saturated heterocycles. The molecule has 5 rings (SSSR count). The van der Waals surface area contributed by atoms with E-state index in [9.17, 15) is 9.59 Å². The Morgan fingerprint density at radius 3 is 2.69 bits per heavy atom. The number of benzene rings is 1. The summed E-state index contributed by atoms with van der Waals surface area (Å²) >= 11 is 0. The first kappa shape index (κ1) is 20.7. The predicted molar refractivity (Wildman–Crippen MR) is 111 cm³/mol. The Kier molecular flexibility index (Phi) is 5.69. The van der Waals surface area contributed by atoms with Crippen molar-refractivity contribution in [3.05, 3.63) is 47.6 Å². The number of hydrogen-bond donors (Lipinski definition) is 0. The van der Waals surface area contributed by atoms with E-state index in [1.807, 2.05) is 30.3 Å². The molecule has 0 spiro atoms. The van der Waals surface area contributed by atoms with Crippen LogP contribution >= 0.6 is 0 Å². The summed E-state index contributed by atoms with van der Waals surface area (Å²) in [7, 11) is 1.39. The number of amides is 3. The number of urea groups is 1. The molecule has 3 aliphatic heterocycles. The predicted octanol–water partition coefficient (Wildman–Crippen LogP) is 3.09. The van der Waals surface area contributed by atoms with Crippen LogP contribution in [0.3, 0.4) is 0 Å². The second kappa shape index (κ2) is 8.78. The minimum absolute atomic E-state index is 0.0384. The number of carbonyl (C=O) groups is 2. The number of fused-ring (bicyclic) bond motifs is 2. The molecule has 3 fully saturated rings. The maximum atomic E-state index is 13.0. The molecular weight excluding hydrogens is 414 g/mol. The highest BCUT2D eigenvalue weighted by Gasteiger charge is 2.47. The number of hydrogen-bond acceptors (Lipinski definition) is 7. The van der Waals surface area contributed by atoms with Crippen LogP contribution in [0.25, 0.3) is 0 Å². The van der Waals surface area contributed by atoms with Gasteiger partial charge in [-0.15, -0.1) is 0 Å². The molecule has 10 nitrogen and oxygen atoms in total. The minimum atomic E-state index is -0.307. The van der Waals surface area contributed by atoms with Crippen molar-refractivity contribution in [2.45, 2.75) is 50.3 Å². The van der Waals surface area contributed by atoms with Crippen molar-refractivity contribution in [3.63, 3.8) is 0 Å². The summed E-state index contributed by atoms with van der Waals surface area (Å²) in [5.41, 5.74) is 1.02. The first-order chi connectivity index (χ1) is 15.6. The number of methoxy groups -OCH3 is 1. The van der Waals surface area contributed by atoms with Gasteiger partial charge in [0.05, 0.1) is 19.2 Å². The Balaban J connectivity index is 1.21. The van der Waals surface area contributed by atoms with Crippen LogP contribution in [0, 0.1) is 0 Å². The molecule has 0 radical (unpaired) electrons. The summed E-state index contributed by atoms with van der Waals surface area (Å²) in [6, 6.07) is 9.50. The quantitative estimate of drug-likeness (QED) is 0.703. The third-order valence-corrected chi connectivity index (χ3v) is 6.57. The molecular formula is C22H27N5O5. The zero-order chi connectivity index (χ0) is 22.1. The van der Waals surface area contributed by atoms with Crippen molar-refractivity contribution in [1.29, 1.82) is 0 Å². The van der Waals surface area contributed by atoms with Crippen molar-refractivity contribution in [3.8, 4) is 0 Å². The highest BCUT2D eigenvalue weighted by atomic mass is 16.7. The topological polar surface area (TPSA) is 101 Å². The molecule has 0 unspecified atom stereocenters. The molecule has 1 aromatic heterocycles. The standard InChI is InChI=1S/C22H27N5O5/c1-30-22(29)25-11-9-16(10-12-25)20-23-19(24-32-20)18-8-7-17-13-26(18)21(28)27(17)31-14-15-5-3-2-4-6-15/h2-6,16-18H,7-14H2,1H3/t17-,18+/m1/s1. The van der Waals surface area contributed by atoms with E-state index < -0.39 is 0 Å². The largest absolute Gasteiger partial charge is 0.453 e. The molecule has 2 bridgehead atoms. The molecule has 3 aliphatic rings. The van der Waals surface area contributed by atoms with E-state index in [1.54, 1.807) is 9.80 Å². The average Bonchev–Trinajstić information content (AvgIpc) is 3.42. The number of piperidine rings is 2. The molecule has 32 heavy (non-hydrogen) atoms. The van der Waals surface area contributed by atoms with Gasteiger partial charge in [-0.25, -0.2) is 9.59 Å². The van der Waals surface area contributed by atoms with Crippen LogP contribution in [0.15, 0.2) is 34.9 Å². The van der Waals surface area contributed by atoms with Crippen LogP contribution < -0.4 is 0 Å². The lowest BCUT2D eigenvalue weighted by Gasteiger charge is -2.29. The number of hydroxylamine groups is 2. The number of ether oxygens (including phenoxy) is 1. The smallest absolute Gasteiger partial charge is 0.409 e. The molecule has 2 atom stereocenters.